The SMILES string of the molecule is CC1(C)c2cc(-c3cccnc3)cc3c2-c2c1cc(N(c1ccccc1)c1ccccc1)cc2C3(c1ccc(-c2ccccc2)cc1)c1ccc(-c2ccccc2)cc1. The smallest absolute Gasteiger partial charge is 0.0714 e. The van der Waals surface area contributed by atoms with E-state index < -0.39 is 5.41 Å². The predicted octanol–water partition coefficient (Wildman–Crippen LogP) is 14.6. The summed E-state index contributed by atoms with van der Waals surface area (Å²) in [6.07, 6.45) is 3.87. The summed E-state index contributed by atoms with van der Waals surface area (Å²) in [7, 11) is 0. The highest BCUT2D eigenvalue weighted by molar-refractivity contribution is 5.99. The zero-order valence-corrected chi connectivity index (χ0v) is 33.2. The average molecular weight is 755 g/mol. The van der Waals surface area contributed by atoms with E-state index in [0.717, 1.165) is 22.6 Å². The van der Waals surface area contributed by atoms with Gasteiger partial charge < -0.3 is 4.90 Å². The highest BCUT2D eigenvalue weighted by Crippen LogP contribution is 2.66. The van der Waals surface area contributed by atoms with Crippen molar-refractivity contribution >= 4 is 17.1 Å². The third kappa shape index (κ3) is 5.44. The van der Waals surface area contributed by atoms with Gasteiger partial charge in [-0.2, -0.15) is 0 Å². The van der Waals surface area contributed by atoms with Gasteiger partial charge >= 0.3 is 0 Å². The van der Waals surface area contributed by atoms with Gasteiger partial charge in [0.1, 0.15) is 0 Å². The Kier molecular flexibility index (Phi) is 8.10. The highest BCUT2D eigenvalue weighted by atomic mass is 15.1. The second-order valence-electron chi connectivity index (χ2n) is 16.4. The van der Waals surface area contributed by atoms with Crippen LogP contribution in [0.1, 0.15) is 47.2 Å². The molecule has 0 spiro atoms. The van der Waals surface area contributed by atoms with Crippen LogP contribution in [0.25, 0.3) is 44.5 Å². The Morgan fingerprint density at radius 1 is 0.356 bits per heavy atom. The molecule has 8 aromatic carbocycles. The van der Waals surface area contributed by atoms with E-state index in [0.29, 0.717) is 0 Å². The molecular formula is C57H42N2. The number of para-hydroxylation sites is 2. The summed E-state index contributed by atoms with van der Waals surface area (Å²) in [6, 6.07) is 75.9. The first kappa shape index (κ1) is 34.9. The zero-order valence-electron chi connectivity index (χ0n) is 33.2. The summed E-state index contributed by atoms with van der Waals surface area (Å²) in [5.41, 5.74) is 20.2. The Morgan fingerprint density at radius 2 is 0.763 bits per heavy atom. The number of nitrogens with zero attached hydrogens (tertiary/aromatic N) is 2. The van der Waals surface area contributed by atoms with Gasteiger partial charge in [0.2, 0.25) is 0 Å². The quantitative estimate of drug-likeness (QED) is 0.154. The lowest BCUT2D eigenvalue weighted by atomic mass is 9.65. The van der Waals surface area contributed by atoms with E-state index in [1.807, 2.05) is 18.5 Å². The summed E-state index contributed by atoms with van der Waals surface area (Å²) in [6.45, 7) is 4.82. The van der Waals surface area contributed by atoms with Gasteiger partial charge in [0.25, 0.3) is 0 Å². The highest BCUT2D eigenvalue weighted by Gasteiger charge is 2.53. The molecule has 0 fully saturated rings. The van der Waals surface area contributed by atoms with E-state index in [2.05, 4.69) is 224 Å². The maximum absolute atomic E-state index is 4.59. The normalized spacial score (nSPS) is 13.9. The summed E-state index contributed by atoms with van der Waals surface area (Å²) in [5, 5.41) is 0. The molecule has 0 saturated carbocycles. The van der Waals surface area contributed by atoms with Gasteiger partial charge in [-0.05, 0) is 127 Å². The molecule has 59 heavy (non-hydrogen) atoms. The van der Waals surface area contributed by atoms with Crippen molar-refractivity contribution in [1.29, 1.82) is 0 Å². The number of hydrogen-bond donors (Lipinski definition) is 0. The third-order valence-corrected chi connectivity index (χ3v) is 12.8. The molecule has 0 radical (unpaired) electrons. The number of aromatic nitrogens is 1. The van der Waals surface area contributed by atoms with Crippen molar-refractivity contribution in [3.8, 4) is 44.5 Å². The molecule has 0 atom stereocenters. The number of rotatable bonds is 8. The molecule has 2 heteroatoms. The van der Waals surface area contributed by atoms with Crippen LogP contribution < -0.4 is 4.90 Å². The van der Waals surface area contributed by atoms with Crippen LogP contribution in [0.5, 0.6) is 0 Å². The Hall–Kier alpha value is -7.29. The summed E-state index contributed by atoms with van der Waals surface area (Å²) >= 11 is 0. The van der Waals surface area contributed by atoms with Crippen LogP contribution in [-0.2, 0) is 10.8 Å². The van der Waals surface area contributed by atoms with E-state index in [9.17, 15) is 0 Å². The molecule has 0 aliphatic heterocycles. The Morgan fingerprint density at radius 3 is 1.25 bits per heavy atom. The lowest BCUT2D eigenvalue weighted by Crippen LogP contribution is -2.31. The third-order valence-electron chi connectivity index (χ3n) is 12.8. The van der Waals surface area contributed by atoms with Crippen LogP contribution in [0.3, 0.4) is 0 Å². The second-order valence-corrected chi connectivity index (χ2v) is 16.4. The standard InChI is InChI=1S/C57H42N2/c1-56(2)50-34-44(43-20-15-33-58-38-43)35-52-54(50)55-51(56)36-49(59(47-21-11-5-12-22-47)48-23-13-6-14-24-48)37-53(55)57(52,45-29-25-41(26-30-45)39-16-7-3-8-17-39)46-31-27-42(28-32-46)40-18-9-4-10-19-40/h3-38H,1-2H3. The second kappa shape index (κ2) is 13.7. The molecule has 1 heterocycles. The van der Waals surface area contributed by atoms with Crippen molar-refractivity contribution in [3.63, 3.8) is 0 Å². The topological polar surface area (TPSA) is 16.1 Å². The molecule has 2 aliphatic carbocycles. The van der Waals surface area contributed by atoms with Crippen LogP contribution in [-0.4, -0.2) is 4.98 Å². The van der Waals surface area contributed by atoms with Crippen molar-refractivity contribution in [1.82, 2.24) is 4.98 Å². The lowest BCUT2D eigenvalue weighted by molar-refractivity contribution is 0.652. The fourth-order valence-corrected chi connectivity index (χ4v) is 9.98. The van der Waals surface area contributed by atoms with Gasteiger partial charge in [-0.1, -0.05) is 166 Å². The Labute approximate surface area is 346 Å². The van der Waals surface area contributed by atoms with Gasteiger partial charge in [-0.15, -0.1) is 0 Å². The van der Waals surface area contributed by atoms with Crippen LogP contribution in [0.4, 0.5) is 17.1 Å². The fraction of sp³-hybridized carbons (Fsp3) is 0.0702. The van der Waals surface area contributed by atoms with E-state index in [1.54, 1.807) is 0 Å². The lowest BCUT2D eigenvalue weighted by Gasteiger charge is -2.38. The van der Waals surface area contributed by atoms with Gasteiger partial charge in [0.05, 0.1) is 5.41 Å². The van der Waals surface area contributed by atoms with Crippen LogP contribution in [0.15, 0.2) is 219 Å². The Balaban J connectivity index is 1.25. The predicted molar refractivity (Wildman–Crippen MR) is 245 cm³/mol. The van der Waals surface area contributed by atoms with E-state index in [1.165, 1.54) is 72.3 Å². The molecular weight excluding hydrogens is 713 g/mol. The molecule has 280 valence electrons. The molecule has 0 saturated heterocycles. The molecule has 0 unspecified atom stereocenters. The van der Waals surface area contributed by atoms with Crippen LogP contribution in [0, 0.1) is 0 Å². The van der Waals surface area contributed by atoms with Gasteiger partial charge in [0, 0.05) is 40.4 Å². The summed E-state index contributed by atoms with van der Waals surface area (Å²) < 4.78 is 0. The largest absolute Gasteiger partial charge is 0.310 e. The average Bonchev–Trinajstić information content (AvgIpc) is 3.73. The van der Waals surface area contributed by atoms with Gasteiger partial charge in [0.15, 0.2) is 0 Å². The minimum absolute atomic E-state index is 0.262. The molecule has 0 N–H and O–H groups in total. The molecule has 0 amide bonds. The van der Waals surface area contributed by atoms with Crippen molar-refractivity contribution in [2.24, 2.45) is 0 Å². The number of anilines is 3. The van der Waals surface area contributed by atoms with Crippen molar-refractivity contribution in [2.75, 3.05) is 4.90 Å². The van der Waals surface area contributed by atoms with E-state index in [-0.39, 0.29) is 5.41 Å². The Bertz CT molecular complexity index is 2830. The minimum atomic E-state index is -0.637. The van der Waals surface area contributed by atoms with E-state index in [4.69, 9.17) is 0 Å². The molecule has 11 rings (SSSR count). The van der Waals surface area contributed by atoms with Crippen LogP contribution >= 0.6 is 0 Å². The van der Waals surface area contributed by atoms with Gasteiger partial charge in [-0.25, -0.2) is 0 Å². The number of hydrogen-bond acceptors (Lipinski definition) is 2. The first-order valence-corrected chi connectivity index (χ1v) is 20.5. The van der Waals surface area contributed by atoms with Crippen LogP contribution in [0.2, 0.25) is 0 Å². The first-order chi connectivity index (χ1) is 29.0. The monoisotopic (exact) mass is 754 g/mol. The van der Waals surface area contributed by atoms with E-state index >= 15 is 0 Å². The first-order valence-electron chi connectivity index (χ1n) is 20.5. The molecule has 0 bridgehead atoms. The fourth-order valence-electron chi connectivity index (χ4n) is 9.98. The zero-order chi connectivity index (χ0) is 39.6. The molecule has 2 nitrogen and oxygen atoms in total. The number of benzene rings is 8. The van der Waals surface area contributed by atoms with Crippen molar-refractivity contribution in [3.05, 3.63) is 252 Å². The molecule has 1 aromatic heterocycles. The van der Waals surface area contributed by atoms with Gasteiger partial charge in [-0.3, -0.25) is 4.98 Å². The molecule has 9 aromatic rings. The van der Waals surface area contributed by atoms with Crippen molar-refractivity contribution < 1.29 is 0 Å². The summed E-state index contributed by atoms with van der Waals surface area (Å²) in [4.78, 5) is 7.02. The minimum Gasteiger partial charge on any atom is -0.310 e. The summed E-state index contributed by atoms with van der Waals surface area (Å²) in [5.74, 6) is 0. The number of pyridine rings is 1. The maximum atomic E-state index is 4.59. The maximum Gasteiger partial charge on any atom is 0.0714 e. The van der Waals surface area contributed by atoms with Crippen molar-refractivity contribution in [2.45, 2.75) is 24.7 Å². The molecule has 2 aliphatic rings.